The quantitative estimate of drug-likeness (QED) is 0.863. The van der Waals surface area contributed by atoms with Gasteiger partial charge in [0.2, 0.25) is 5.91 Å². The van der Waals surface area contributed by atoms with Gasteiger partial charge in [-0.2, -0.15) is 0 Å². The Labute approximate surface area is 126 Å². The highest BCUT2D eigenvalue weighted by atomic mass is 79.9. The molecule has 1 aromatic carbocycles. The first-order chi connectivity index (χ1) is 9.65. The van der Waals surface area contributed by atoms with Crippen LogP contribution in [0.15, 0.2) is 28.7 Å². The fourth-order valence-corrected chi connectivity index (χ4v) is 3.26. The number of anilines is 1. The van der Waals surface area contributed by atoms with Gasteiger partial charge in [-0.3, -0.25) is 9.59 Å². The van der Waals surface area contributed by atoms with Crippen molar-refractivity contribution in [2.75, 3.05) is 4.90 Å². The third-order valence-electron chi connectivity index (χ3n) is 4.02. The Bertz CT molecular complexity index is 523. The van der Waals surface area contributed by atoms with Crippen LogP contribution >= 0.6 is 15.9 Å². The van der Waals surface area contributed by atoms with E-state index in [0.717, 1.165) is 17.3 Å². The summed E-state index contributed by atoms with van der Waals surface area (Å²) in [6.07, 6.45) is 4.91. The van der Waals surface area contributed by atoms with Crippen LogP contribution in [0.2, 0.25) is 0 Å². The van der Waals surface area contributed by atoms with Crippen LogP contribution in [0.25, 0.3) is 0 Å². The lowest BCUT2D eigenvalue weighted by molar-refractivity contribution is -0.121. The Morgan fingerprint density at radius 1 is 1.10 bits per heavy atom. The van der Waals surface area contributed by atoms with Crippen LogP contribution in [0.3, 0.4) is 0 Å². The number of nitrogens with zero attached hydrogens (tertiary/aromatic N) is 1. The summed E-state index contributed by atoms with van der Waals surface area (Å²) in [5.41, 5.74) is 0.652. The van der Waals surface area contributed by atoms with E-state index in [1.807, 2.05) is 12.1 Å². The van der Waals surface area contributed by atoms with Crippen molar-refractivity contribution in [2.45, 2.75) is 44.2 Å². The van der Waals surface area contributed by atoms with E-state index in [0.29, 0.717) is 11.7 Å². The largest absolute Gasteiger partial charge is 0.303 e. The number of amides is 2. The van der Waals surface area contributed by atoms with E-state index in [1.165, 1.54) is 17.7 Å². The fraction of sp³-hybridized carbons (Fsp3) is 0.467. The molecule has 1 heterocycles. The Morgan fingerprint density at radius 3 is 2.40 bits per heavy atom. The predicted molar refractivity (Wildman–Crippen MR) is 80.4 cm³/mol. The molecule has 0 bridgehead atoms. The average molecular weight is 337 g/mol. The van der Waals surface area contributed by atoms with E-state index < -0.39 is 0 Å². The molecule has 1 aliphatic carbocycles. The van der Waals surface area contributed by atoms with E-state index in [2.05, 4.69) is 21.2 Å². The van der Waals surface area contributed by atoms with E-state index in [-0.39, 0.29) is 24.3 Å². The summed E-state index contributed by atoms with van der Waals surface area (Å²) in [5.74, 6) is -0.239. The predicted octanol–water partition coefficient (Wildman–Crippen LogP) is 2.61. The number of nitrogens with one attached hydrogen (secondary N) is 1. The zero-order valence-electron chi connectivity index (χ0n) is 11.1. The Morgan fingerprint density at radius 2 is 1.75 bits per heavy atom. The van der Waals surface area contributed by atoms with Gasteiger partial charge in [0.15, 0.2) is 0 Å². The van der Waals surface area contributed by atoms with Crippen molar-refractivity contribution in [1.29, 1.82) is 0 Å². The van der Waals surface area contributed by atoms with Gasteiger partial charge in [-0.05, 0) is 37.1 Å². The van der Waals surface area contributed by atoms with Gasteiger partial charge in [0, 0.05) is 10.5 Å². The van der Waals surface area contributed by atoms with Crippen molar-refractivity contribution < 1.29 is 9.59 Å². The number of carbonyl (C=O) groups excluding carboxylic acids is 2. The minimum absolute atomic E-state index is 0.118. The molecule has 1 atom stereocenters. The van der Waals surface area contributed by atoms with Gasteiger partial charge in [0.25, 0.3) is 5.91 Å². The zero-order valence-corrected chi connectivity index (χ0v) is 12.7. The van der Waals surface area contributed by atoms with Crippen LogP contribution in [0.1, 0.15) is 32.1 Å². The van der Waals surface area contributed by atoms with Crippen molar-refractivity contribution in [1.82, 2.24) is 5.32 Å². The molecule has 0 spiro atoms. The van der Waals surface area contributed by atoms with E-state index in [9.17, 15) is 9.59 Å². The summed E-state index contributed by atoms with van der Waals surface area (Å²) in [4.78, 5) is 25.8. The van der Waals surface area contributed by atoms with Gasteiger partial charge in [0.1, 0.15) is 0 Å². The summed E-state index contributed by atoms with van der Waals surface area (Å²) in [5, 5.41) is 3.35. The highest BCUT2D eigenvalue weighted by Crippen LogP contribution is 2.26. The topological polar surface area (TPSA) is 49.4 Å². The third-order valence-corrected chi connectivity index (χ3v) is 4.55. The molecule has 3 rings (SSSR count). The van der Waals surface area contributed by atoms with Crippen LogP contribution in [-0.4, -0.2) is 23.9 Å². The molecular formula is C15H17BrN2O2. The van der Waals surface area contributed by atoms with E-state index >= 15 is 0 Å². The summed E-state index contributed by atoms with van der Waals surface area (Å²) < 4.78 is 0.931. The maximum Gasteiger partial charge on any atom is 0.251 e. The summed E-state index contributed by atoms with van der Waals surface area (Å²) in [6, 6.07) is 7.30. The third kappa shape index (κ3) is 2.65. The molecule has 2 fully saturated rings. The number of hydrogen-bond acceptors (Lipinski definition) is 3. The molecular weight excluding hydrogens is 320 g/mol. The monoisotopic (exact) mass is 336 g/mol. The lowest BCUT2D eigenvalue weighted by Crippen LogP contribution is -2.42. The second kappa shape index (κ2) is 5.66. The first kappa shape index (κ1) is 13.8. The molecule has 1 unspecified atom stereocenters. The molecule has 20 heavy (non-hydrogen) atoms. The van der Waals surface area contributed by atoms with Crippen molar-refractivity contribution in [3.05, 3.63) is 28.7 Å². The first-order valence-corrected chi connectivity index (χ1v) is 7.83. The van der Waals surface area contributed by atoms with E-state index in [1.54, 1.807) is 12.1 Å². The van der Waals surface area contributed by atoms with Gasteiger partial charge in [0.05, 0.1) is 18.2 Å². The second-order valence-corrected chi connectivity index (χ2v) is 6.36. The molecule has 1 aliphatic heterocycles. The average Bonchev–Trinajstić information content (AvgIpc) is 3.02. The Kier molecular flexibility index (Phi) is 3.89. The molecule has 106 valence electrons. The lowest BCUT2D eigenvalue weighted by Gasteiger charge is -2.18. The number of halogens is 1. The minimum Gasteiger partial charge on any atom is -0.303 e. The maximum absolute atomic E-state index is 12.4. The maximum atomic E-state index is 12.4. The zero-order chi connectivity index (χ0) is 14.1. The highest BCUT2D eigenvalue weighted by molar-refractivity contribution is 9.10. The highest BCUT2D eigenvalue weighted by Gasteiger charge is 2.40. The molecule has 4 nitrogen and oxygen atoms in total. The molecule has 1 aromatic rings. The standard InChI is InChI=1S/C15H17BrN2O2/c16-10-5-7-12(8-6-10)18-14(19)9-13(15(18)20)17-11-3-1-2-4-11/h5-8,11,13,17H,1-4,9H2. The SMILES string of the molecule is O=C1CC(NC2CCCC2)C(=O)N1c1ccc(Br)cc1. The van der Waals surface area contributed by atoms with Crippen LogP contribution in [0, 0.1) is 0 Å². The number of imide groups is 1. The summed E-state index contributed by atoms with van der Waals surface area (Å²) >= 11 is 3.35. The second-order valence-electron chi connectivity index (χ2n) is 5.45. The Hall–Kier alpha value is -1.20. The van der Waals surface area contributed by atoms with Crippen LogP contribution in [0.5, 0.6) is 0 Å². The summed E-state index contributed by atoms with van der Waals surface area (Å²) in [7, 11) is 0. The smallest absolute Gasteiger partial charge is 0.251 e. The normalized spacial score (nSPS) is 23.9. The lowest BCUT2D eigenvalue weighted by atomic mass is 10.2. The van der Waals surface area contributed by atoms with Crippen LogP contribution in [0.4, 0.5) is 5.69 Å². The molecule has 0 aromatic heterocycles. The number of benzene rings is 1. The van der Waals surface area contributed by atoms with Crippen molar-refractivity contribution >= 4 is 33.4 Å². The Balaban J connectivity index is 1.74. The molecule has 2 amide bonds. The molecule has 1 saturated carbocycles. The van der Waals surface area contributed by atoms with Crippen molar-refractivity contribution in [2.24, 2.45) is 0 Å². The molecule has 1 saturated heterocycles. The van der Waals surface area contributed by atoms with Gasteiger partial charge < -0.3 is 5.32 Å². The molecule has 0 radical (unpaired) electrons. The number of carbonyl (C=O) groups is 2. The van der Waals surface area contributed by atoms with E-state index in [4.69, 9.17) is 0 Å². The number of rotatable bonds is 3. The fourth-order valence-electron chi connectivity index (χ4n) is 3.00. The van der Waals surface area contributed by atoms with Crippen molar-refractivity contribution in [3.63, 3.8) is 0 Å². The van der Waals surface area contributed by atoms with Gasteiger partial charge in [-0.25, -0.2) is 4.90 Å². The first-order valence-electron chi connectivity index (χ1n) is 7.03. The molecule has 1 N–H and O–H groups in total. The van der Waals surface area contributed by atoms with Crippen LogP contribution < -0.4 is 10.2 Å². The molecule has 2 aliphatic rings. The van der Waals surface area contributed by atoms with Gasteiger partial charge in [-0.1, -0.05) is 28.8 Å². The summed E-state index contributed by atoms with van der Waals surface area (Å²) in [6.45, 7) is 0. The molecule has 5 heteroatoms. The number of hydrogen-bond donors (Lipinski definition) is 1. The van der Waals surface area contributed by atoms with Crippen LogP contribution in [-0.2, 0) is 9.59 Å². The van der Waals surface area contributed by atoms with Crippen molar-refractivity contribution in [3.8, 4) is 0 Å². The van der Waals surface area contributed by atoms with Gasteiger partial charge >= 0.3 is 0 Å². The van der Waals surface area contributed by atoms with Gasteiger partial charge in [-0.15, -0.1) is 0 Å². The minimum atomic E-state index is -0.353.